The van der Waals surface area contributed by atoms with E-state index in [4.69, 9.17) is 5.73 Å². The highest BCUT2D eigenvalue weighted by molar-refractivity contribution is 6.09. The van der Waals surface area contributed by atoms with Gasteiger partial charge in [0.05, 0.1) is 17.1 Å². The molecule has 0 spiro atoms. The molecule has 3 aromatic rings. The highest BCUT2D eigenvalue weighted by Gasteiger charge is 2.21. The van der Waals surface area contributed by atoms with Gasteiger partial charge in [0.15, 0.2) is 0 Å². The summed E-state index contributed by atoms with van der Waals surface area (Å²) in [4.78, 5) is 29.6. The Morgan fingerprint density at radius 3 is 2.59 bits per heavy atom. The Morgan fingerprint density at radius 1 is 1.04 bits per heavy atom. The maximum Gasteiger partial charge on any atom is 0.322 e. The number of anilines is 2. The van der Waals surface area contributed by atoms with Crippen LogP contribution in [0.5, 0.6) is 0 Å². The summed E-state index contributed by atoms with van der Waals surface area (Å²) >= 11 is 0. The fourth-order valence-corrected chi connectivity index (χ4v) is 3.31. The summed E-state index contributed by atoms with van der Waals surface area (Å²) in [5.74, 6) is -0.141. The van der Waals surface area contributed by atoms with Gasteiger partial charge in [0, 0.05) is 24.8 Å². The molecule has 6 heteroatoms. The van der Waals surface area contributed by atoms with Crippen molar-refractivity contribution in [2.45, 2.75) is 13.0 Å². The average Bonchev–Trinajstić information content (AvgIpc) is 3.23. The molecule has 0 saturated heterocycles. The molecular formula is C21H20N4O2. The first-order valence-electron chi connectivity index (χ1n) is 8.82. The van der Waals surface area contributed by atoms with Crippen LogP contribution in [0.4, 0.5) is 16.2 Å². The number of amides is 2. The minimum atomic E-state index is -0.195. The Bertz CT molecular complexity index is 995. The van der Waals surface area contributed by atoms with E-state index < -0.39 is 0 Å². The summed E-state index contributed by atoms with van der Waals surface area (Å²) in [6.45, 7) is 1.23. The second kappa shape index (κ2) is 6.99. The molecule has 27 heavy (non-hydrogen) atoms. The molecule has 4 rings (SSSR count). The lowest BCUT2D eigenvalue weighted by atomic mass is 10.0. The van der Waals surface area contributed by atoms with Crippen LogP contribution in [0.25, 0.3) is 0 Å². The lowest BCUT2D eigenvalue weighted by Crippen LogP contribution is -2.39. The van der Waals surface area contributed by atoms with Gasteiger partial charge in [-0.15, -0.1) is 0 Å². The molecule has 136 valence electrons. The topological polar surface area (TPSA) is 91.2 Å². The largest absolute Gasteiger partial charge is 0.397 e. The van der Waals surface area contributed by atoms with Gasteiger partial charge in [-0.2, -0.15) is 0 Å². The van der Waals surface area contributed by atoms with Crippen LogP contribution in [0.3, 0.4) is 0 Å². The van der Waals surface area contributed by atoms with E-state index in [9.17, 15) is 9.59 Å². The normalized spacial score (nSPS) is 13.1. The van der Waals surface area contributed by atoms with Crippen LogP contribution in [-0.4, -0.2) is 28.2 Å². The van der Waals surface area contributed by atoms with E-state index >= 15 is 0 Å². The van der Waals surface area contributed by atoms with E-state index in [1.807, 2.05) is 18.2 Å². The molecule has 0 fully saturated rings. The number of nitrogens with two attached hydrogens (primary N) is 1. The molecule has 0 aliphatic carbocycles. The molecule has 0 bridgehead atoms. The molecule has 2 aromatic carbocycles. The average molecular weight is 360 g/mol. The summed E-state index contributed by atoms with van der Waals surface area (Å²) in [5, 5.41) is 2.85. The van der Waals surface area contributed by atoms with Gasteiger partial charge in [-0.05, 0) is 47.9 Å². The smallest absolute Gasteiger partial charge is 0.322 e. The predicted molar refractivity (Wildman–Crippen MR) is 105 cm³/mol. The summed E-state index contributed by atoms with van der Waals surface area (Å²) in [5.41, 5.74) is 10.4. The number of benzene rings is 2. The van der Waals surface area contributed by atoms with Crippen molar-refractivity contribution in [3.05, 3.63) is 83.2 Å². The third-order valence-electron chi connectivity index (χ3n) is 4.82. The molecule has 4 N–H and O–H groups in total. The van der Waals surface area contributed by atoms with Gasteiger partial charge in [0.2, 0.25) is 5.78 Å². The molecule has 2 heterocycles. The summed E-state index contributed by atoms with van der Waals surface area (Å²) in [6.07, 6.45) is 2.53. The first kappa shape index (κ1) is 16.9. The maximum atomic E-state index is 12.6. The SMILES string of the molecule is Nc1cc(C(=O)c2ccc[nH]2)ccc1NC(=O)N1CCc2ccccc2C1. The molecule has 1 aromatic heterocycles. The van der Waals surface area contributed by atoms with Crippen molar-refractivity contribution in [1.82, 2.24) is 9.88 Å². The minimum Gasteiger partial charge on any atom is -0.397 e. The third-order valence-corrected chi connectivity index (χ3v) is 4.82. The molecule has 1 aliphatic rings. The van der Waals surface area contributed by atoms with Crippen molar-refractivity contribution in [3.63, 3.8) is 0 Å². The van der Waals surface area contributed by atoms with Gasteiger partial charge in [-0.25, -0.2) is 4.79 Å². The molecule has 2 amide bonds. The van der Waals surface area contributed by atoms with Crippen LogP contribution in [-0.2, 0) is 13.0 Å². The van der Waals surface area contributed by atoms with Crippen molar-refractivity contribution in [2.24, 2.45) is 0 Å². The molecule has 0 atom stereocenters. The Labute approximate surface area is 157 Å². The number of aromatic amines is 1. The van der Waals surface area contributed by atoms with E-state index in [2.05, 4.69) is 16.4 Å². The summed E-state index contributed by atoms with van der Waals surface area (Å²) < 4.78 is 0. The Kier molecular flexibility index (Phi) is 4.38. The lowest BCUT2D eigenvalue weighted by molar-refractivity contribution is 0.103. The van der Waals surface area contributed by atoms with Crippen LogP contribution in [0.15, 0.2) is 60.8 Å². The predicted octanol–water partition coefficient (Wildman–Crippen LogP) is 3.42. The van der Waals surface area contributed by atoms with E-state index in [-0.39, 0.29) is 11.8 Å². The van der Waals surface area contributed by atoms with Gasteiger partial charge < -0.3 is 20.9 Å². The highest BCUT2D eigenvalue weighted by atomic mass is 16.2. The number of nitrogens with zero attached hydrogens (tertiary/aromatic N) is 1. The molecule has 0 unspecified atom stereocenters. The van der Waals surface area contributed by atoms with E-state index in [0.717, 1.165) is 6.42 Å². The third kappa shape index (κ3) is 3.42. The zero-order chi connectivity index (χ0) is 18.8. The number of nitrogen functional groups attached to an aromatic ring is 1. The lowest BCUT2D eigenvalue weighted by Gasteiger charge is -2.29. The Hall–Kier alpha value is -3.54. The highest BCUT2D eigenvalue weighted by Crippen LogP contribution is 2.24. The van der Waals surface area contributed by atoms with Gasteiger partial charge in [0.1, 0.15) is 0 Å². The van der Waals surface area contributed by atoms with E-state index in [1.54, 1.807) is 41.4 Å². The quantitative estimate of drug-likeness (QED) is 0.494. The maximum absolute atomic E-state index is 12.6. The van der Waals surface area contributed by atoms with Crippen molar-refractivity contribution in [3.8, 4) is 0 Å². The number of aromatic nitrogens is 1. The fraction of sp³-hybridized carbons (Fsp3) is 0.143. The van der Waals surface area contributed by atoms with Crippen molar-refractivity contribution >= 4 is 23.2 Å². The monoisotopic (exact) mass is 360 g/mol. The molecule has 0 radical (unpaired) electrons. The van der Waals surface area contributed by atoms with E-state index in [0.29, 0.717) is 35.7 Å². The molecule has 1 aliphatic heterocycles. The first-order valence-corrected chi connectivity index (χ1v) is 8.82. The number of ketones is 1. The Morgan fingerprint density at radius 2 is 1.85 bits per heavy atom. The molecule has 6 nitrogen and oxygen atoms in total. The standard InChI is InChI=1S/C21H20N4O2/c22-17-12-15(20(26)19-6-3-10-23-19)7-8-18(17)24-21(27)25-11-9-14-4-1-2-5-16(14)13-25/h1-8,10,12,23H,9,11,13,22H2,(H,24,27). The zero-order valence-electron chi connectivity index (χ0n) is 14.7. The second-order valence-corrected chi connectivity index (χ2v) is 6.59. The van der Waals surface area contributed by atoms with Crippen molar-refractivity contribution < 1.29 is 9.59 Å². The number of carbonyl (C=O) groups is 2. The fourth-order valence-electron chi connectivity index (χ4n) is 3.31. The van der Waals surface area contributed by atoms with Crippen molar-refractivity contribution in [2.75, 3.05) is 17.6 Å². The molecule has 0 saturated carbocycles. The van der Waals surface area contributed by atoms with E-state index in [1.165, 1.54) is 11.1 Å². The van der Waals surface area contributed by atoms with Crippen LogP contribution in [0, 0.1) is 0 Å². The first-order chi connectivity index (χ1) is 13.1. The second-order valence-electron chi connectivity index (χ2n) is 6.59. The minimum absolute atomic E-state index is 0.141. The van der Waals surface area contributed by atoms with Crippen LogP contribution < -0.4 is 11.1 Å². The number of nitrogens with one attached hydrogen (secondary N) is 2. The van der Waals surface area contributed by atoms with Crippen LogP contribution in [0.2, 0.25) is 0 Å². The zero-order valence-corrected chi connectivity index (χ0v) is 14.7. The number of urea groups is 1. The van der Waals surface area contributed by atoms with Gasteiger partial charge in [-0.1, -0.05) is 24.3 Å². The number of H-pyrrole nitrogens is 1. The number of fused-ring (bicyclic) bond motifs is 1. The summed E-state index contributed by atoms with van der Waals surface area (Å²) in [7, 11) is 0. The molecular weight excluding hydrogens is 340 g/mol. The van der Waals surface area contributed by atoms with Gasteiger partial charge in [0.25, 0.3) is 0 Å². The Balaban J connectivity index is 1.47. The van der Waals surface area contributed by atoms with Gasteiger partial charge >= 0.3 is 6.03 Å². The van der Waals surface area contributed by atoms with Crippen LogP contribution in [0.1, 0.15) is 27.2 Å². The van der Waals surface area contributed by atoms with Crippen LogP contribution >= 0.6 is 0 Å². The number of carbonyl (C=O) groups excluding carboxylic acids is 2. The van der Waals surface area contributed by atoms with Gasteiger partial charge in [-0.3, -0.25) is 4.79 Å². The number of hydrogen-bond donors (Lipinski definition) is 3. The van der Waals surface area contributed by atoms with Crippen molar-refractivity contribution in [1.29, 1.82) is 0 Å². The number of hydrogen-bond acceptors (Lipinski definition) is 3. The summed E-state index contributed by atoms with van der Waals surface area (Å²) in [6, 6.07) is 16.4. The number of rotatable bonds is 3.